The summed E-state index contributed by atoms with van der Waals surface area (Å²) in [5.74, 6) is 1.76. The van der Waals surface area contributed by atoms with Gasteiger partial charge in [-0.2, -0.15) is 0 Å². The van der Waals surface area contributed by atoms with E-state index < -0.39 is 0 Å². The average molecular weight is 452 g/mol. The number of thioether (sulfide) groups is 2. The number of rotatable bonds is 10. The molecule has 0 spiro atoms. The van der Waals surface area contributed by atoms with Crippen LogP contribution in [0.25, 0.3) is 0 Å². The van der Waals surface area contributed by atoms with Crippen LogP contribution in [0.3, 0.4) is 0 Å². The summed E-state index contributed by atoms with van der Waals surface area (Å²) < 4.78 is 5.64. The van der Waals surface area contributed by atoms with Gasteiger partial charge in [-0.3, -0.25) is 0 Å². The molecule has 0 bridgehead atoms. The molecule has 25 heavy (non-hydrogen) atoms. The lowest BCUT2D eigenvalue weighted by molar-refractivity contribution is 0.752. The van der Waals surface area contributed by atoms with Gasteiger partial charge in [0.2, 0.25) is 0 Å². The Morgan fingerprint density at radius 3 is 1.60 bits per heavy atom. The molecule has 136 valence electrons. The normalized spacial score (nSPS) is 11.0. The van der Waals surface area contributed by atoms with Crippen LogP contribution < -0.4 is 0 Å². The van der Waals surface area contributed by atoms with E-state index in [0.29, 0.717) is 0 Å². The summed E-state index contributed by atoms with van der Waals surface area (Å²) in [6.45, 7) is 0. The number of benzene rings is 2. The van der Waals surface area contributed by atoms with Crippen LogP contribution >= 0.6 is 70.8 Å². The Labute approximate surface area is 177 Å². The van der Waals surface area contributed by atoms with Crippen LogP contribution in [0.2, 0.25) is 10.0 Å². The molecule has 0 saturated carbocycles. The van der Waals surface area contributed by atoms with E-state index in [9.17, 15) is 0 Å². The number of hydrogen-bond acceptors (Lipinski definition) is 5. The van der Waals surface area contributed by atoms with E-state index in [4.69, 9.17) is 26.8 Å². The van der Waals surface area contributed by atoms with Crippen LogP contribution in [-0.2, 0) is 16.5 Å². The van der Waals surface area contributed by atoms with Gasteiger partial charge in [0.05, 0.1) is 0 Å². The predicted octanol–water partition coefficient (Wildman–Crippen LogP) is 7.54. The van der Waals surface area contributed by atoms with Crippen LogP contribution in [0.1, 0.15) is 11.1 Å². The van der Waals surface area contributed by atoms with Crippen LogP contribution in [0, 0.1) is 0 Å². The smallest absolute Gasteiger partial charge is 0.0449 e. The summed E-state index contributed by atoms with van der Waals surface area (Å²) in [6, 6.07) is 12.1. The van der Waals surface area contributed by atoms with Crippen LogP contribution in [0.15, 0.2) is 46.2 Å². The first kappa shape index (κ1) is 21.7. The SMILES string of the molecule is CSc1cccc(Cl)c1CCSOSCCc1c(Cl)cccc1SC. The first-order chi connectivity index (χ1) is 12.2. The molecule has 0 unspecified atom stereocenters. The average Bonchev–Trinajstić information content (AvgIpc) is 2.62. The van der Waals surface area contributed by atoms with E-state index in [1.54, 1.807) is 23.5 Å². The molecule has 0 atom stereocenters. The Balaban J connectivity index is 1.70. The van der Waals surface area contributed by atoms with E-state index in [0.717, 1.165) is 34.4 Å². The van der Waals surface area contributed by atoms with E-state index in [1.807, 2.05) is 24.3 Å². The fourth-order valence-electron chi connectivity index (χ4n) is 2.33. The zero-order valence-electron chi connectivity index (χ0n) is 14.1. The lowest BCUT2D eigenvalue weighted by Gasteiger charge is -2.10. The van der Waals surface area contributed by atoms with Crippen molar-refractivity contribution in [3.63, 3.8) is 0 Å². The van der Waals surface area contributed by atoms with Crippen molar-refractivity contribution in [3.8, 4) is 0 Å². The molecule has 0 saturated heterocycles. The van der Waals surface area contributed by atoms with Crippen molar-refractivity contribution in [2.75, 3.05) is 24.0 Å². The molecular formula is C18H20Cl2OS4. The van der Waals surface area contributed by atoms with Crippen molar-refractivity contribution in [1.82, 2.24) is 0 Å². The summed E-state index contributed by atoms with van der Waals surface area (Å²) in [5.41, 5.74) is 2.41. The van der Waals surface area contributed by atoms with Crippen molar-refractivity contribution in [1.29, 1.82) is 0 Å². The minimum atomic E-state index is 0.836. The summed E-state index contributed by atoms with van der Waals surface area (Å²) in [6.07, 6.45) is 5.96. The van der Waals surface area contributed by atoms with Crippen LogP contribution in [-0.4, -0.2) is 24.0 Å². The molecule has 0 amide bonds. The topological polar surface area (TPSA) is 9.23 Å². The lowest BCUT2D eigenvalue weighted by Crippen LogP contribution is -1.94. The molecule has 1 nitrogen and oxygen atoms in total. The first-order valence-electron chi connectivity index (χ1n) is 7.71. The van der Waals surface area contributed by atoms with Gasteiger partial charge in [-0.15, -0.1) is 23.5 Å². The maximum Gasteiger partial charge on any atom is 0.0449 e. The first-order valence-corrected chi connectivity index (χ1v) is 12.7. The second kappa shape index (κ2) is 12.0. The van der Waals surface area contributed by atoms with Crippen molar-refractivity contribution in [3.05, 3.63) is 57.6 Å². The molecule has 0 heterocycles. The molecule has 0 aliphatic carbocycles. The molecule has 2 aromatic rings. The van der Waals surface area contributed by atoms with Gasteiger partial charge < -0.3 is 0 Å². The molecule has 0 N–H and O–H groups in total. The third kappa shape index (κ3) is 6.80. The van der Waals surface area contributed by atoms with Gasteiger partial charge in [0.15, 0.2) is 0 Å². The Morgan fingerprint density at radius 2 is 1.20 bits per heavy atom. The van der Waals surface area contributed by atoms with Gasteiger partial charge in [-0.05, 0) is 60.7 Å². The van der Waals surface area contributed by atoms with Gasteiger partial charge in [0.1, 0.15) is 0 Å². The highest BCUT2D eigenvalue weighted by Gasteiger charge is 2.08. The standard InChI is InChI=1S/C18H20Cl2OS4/c1-22-17-7-3-5-15(19)13(17)9-11-24-21-25-12-10-14-16(20)6-4-8-18(14)23-2/h3-8H,9-12H2,1-2H3. The third-order valence-electron chi connectivity index (χ3n) is 3.56. The Hall–Kier alpha value is 0.380. The van der Waals surface area contributed by atoms with Crippen LogP contribution in [0.4, 0.5) is 0 Å². The van der Waals surface area contributed by atoms with Gasteiger partial charge in [-0.25, -0.2) is 3.63 Å². The highest BCUT2D eigenvalue weighted by molar-refractivity contribution is 8.07. The molecule has 0 aliphatic rings. The van der Waals surface area contributed by atoms with E-state index in [1.165, 1.54) is 45.0 Å². The quantitative estimate of drug-likeness (QED) is 0.209. The minimum Gasteiger partial charge on any atom is -0.247 e. The fourth-order valence-corrected chi connectivity index (χ4v) is 5.72. The summed E-state index contributed by atoms with van der Waals surface area (Å²) in [4.78, 5) is 2.48. The van der Waals surface area contributed by atoms with E-state index in [2.05, 4.69) is 24.6 Å². The lowest BCUT2D eigenvalue weighted by atomic mass is 10.2. The highest BCUT2D eigenvalue weighted by Crippen LogP contribution is 2.30. The van der Waals surface area contributed by atoms with Gasteiger partial charge in [0, 0.05) is 55.4 Å². The van der Waals surface area contributed by atoms with Gasteiger partial charge >= 0.3 is 0 Å². The predicted molar refractivity (Wildman–Crippen MR) is 120 cm³/mol. The third-order valence-corrected chi connectivity index (χ3v) is 7.42. The van der Waals surface area contributed by atoms with Crippen molar-refractivity contribution < 1.29 is 3.63 Å². The van der Waals surface area contributed by atoms with E-state index in [-0.39, 0.29) is 0 Å². The molecular weight excluding hydrogens is 431 g/mol. The maximum atomic E-state index is 6.30. The molecule has 2 rings (SSSR count). The molecule has 2 aromatic carbocycles. The highest BCUT2D eigenvalue weighted by atomic mass is 35.5. The molecule has 0 fully saturated rings. The second-order valence-electron chi connectivity index (χ2n) is 5.05. The molecule has 0 radical (unpaired) electrons. The Kier molecular flexibility index (Phi) is 10.4. The molecule has 0 aromatic heterocycles. The van der Waals surface area contributed by atoms with Gasteiger partial charge in [0.25, 0.3) is 0 Å². The Bertz CT molecular complexity index is 625. The van der Waals surface area contributed by atoms with Crippen molar-refractivity contribution >= 4 is 70.8 Å². The Morgan fingerprint density at radius 1 is 0.760 bits per heavy atom. The monoisotopic (exact) mass is 450 g/mol. The van der Waals surface area contributed by atoms with Crippen LogP contribution in [0.5, 0.6) is 0 Å². The largest absolute Gasteiger partial charge is 0.247 e. The maximum absolute atomic E-state index is 6.30. The second-order valence-corrected chi connectivity index (χ2v) is 9.40. The summed E-state index contributed by atoms with van der Waals surface area (Å²) >= 11 is 19.0. The minimum absolute atomic E-state index is 0.836. The zero-order valence-corrected chi connectivity index (χ0v) is 18.9. The molecule has 7 heteroatoms. The van der Waals surface area contributed by atoms with Gasteiger partial charge in [-0.1, -0.05) is 35.3 Å². The van der Waals surface area contributed by atoms with Crippen molar-refractivity contribution in [2.24, 2.45) is 0 Å². The molecule has 0 aliphatic heterocycles. The number of halogens is 2. The number of hydrogen-bond donors (Lipinski definition) is 0. The fraction of sp³-hybridized carbons (Fsp3) is 0.333. The zero-order chi connectivity index (χ0) is 18.1. The summed E-state index contributed by atoms with van der Waals surface area (Å²) in [5, 5.41) is 1.67. The van der Waals surface area contributed by atoms with E-state index >= 15 is 0 Å². The van der Waals surface area contributed by atoms with Crippen molar-refractivity contribution in [2.45, 2.75) is 22.6 Å². The summed E-state index contributed by atoms with van der Waals surface area (Å²) in [7, 11) is 0.